The highest BCUT2D eigenvalue weighted by molar-refractivity contribution is 6.34. The molecule has 0 unspecified atom stereocenters. The Morgan fingerprint density at radius 2 is 1.79 bits per heavy atom. The van der Waals surface area contributed by atoms with E-state index in [0.717, 1.165) is 24.3 Å². The molecule has 0 aliphatic carbocycles. The monoisotopic (exact) mass is 430 g/mol. The molecule has 0 aliphatic heterocycles. The fourth-order valence-electron chi connectivity index (χ4n) is 2.45. The van der Waals surface area contributed by atoms with Gasteiger partial charge in [-0.25, -0.2) is 9.38 Å². The first-order valence-electron chi connectivity index (χ1n) is 7.80. The van der Waals surface area contributed by atoms with Gasteiger partial charge in [-0.05, 0) is 29.8 Å². The fraction of sp³-hybridized carbons (Fsp3) is 0.118. The Bertz CT molecular complexity index is 1020. The smallest absolute Gasteiger partial charge is 0.370 e. The summed E-state index contributed by atoms with van der Waals surface area (Å²) in [5.74, 6) is -2.62. The van der Waals surface area contributed by atoms with Crippen molar-refractivity contribution in [3.8, 4) is 11.1 Å². The predicted octanol–water partition coefficient (Wildman–Crippen LogP) is 2.74. The lowest BCUT2D eigenvalue weighted by atomic mass is 9.96. The molecule has 0 atom stereocenters. The number of benzene rings is 2. The first kappa shape index (κ1) is 22.0. The second kappa shape index (κ2) is 8.35. The van der Waals surface area contributed by atoms with Crippen LogP contribution in [0.4, 0.5) is 23.2 Å². The summed E-state index contributed by atoms with van der Waals surface area (Å²) in [7, 11) is 1.26. The minimum atomic E-state index is -4.85. The zero-order valence-electron chi connectivity index (χ0n) is 14.8. The van der Waals surface area contributed by atoms with Crippen LogP contribution in [0.25, 0.3) is 11.1 Å². The number of rotatable bonds is 3. The number of halogens is 5. The van der Waals surface area contributed by atoms with Crippen LogP contribution >= 0.6 is 11.6 Å². The van der Waals surface area contributed by atoms with Gasteiger partial charge in [-0.2, -0.15) is 18.2 Å². The molecular formula is C17H15ClF4N6O. The van der Waals surface area contributed by atoms with E-state index < -0.39 is 46.5 Å². The minimum absolute atomic E-state index is 0.116. The maximum Gasteiger partial charge on any atom is 0.417 e. The van der Waals surface area contributed by atoms with Crippen molar-refractivity contribution in [2.45, 2.75) is 6.18 Å². The van der Waals surface area contributed by atoms with E-state index in [0.29, 0.717) is 6.07 Å². The maximum absolute atomic E-state index is 13.9. The molecule has 0 aliphatic rings. The van der Waals surface area contributed by atoms with Crippen LogP contribution in [0.15, 0.2) is 40.3 Å². The maximum atomic E-state index is 13.9. The number of nitrogens with one attached hydrogen (secondary N) is 1. The lowest BCUT2D eigenvalue weighted by Gasteiger charge is -2.16. The molecule has 0 saturated carbocycles. The molecule has 0 bridgehead atoms. The Hall–Kier alpha value is -3.34. The number of hydrogen-bond donors (Lipinski definition) is 4. The van der Waals surface area contributed by atoms with Crippen LogP contribution in [0.2, 0.25) is 5.02 Å². The third kappa shape index (κ3) is 5.13. The molecule has 12 heteroatoms. The summed E-state index contributed by atoms with van der Waals surface area (Å²) in [6, 6.07) is 4.71. The normalized spacial score (nSPS) is 11.9. The molecule has 2 rings (SSSR count). The van der Waals surface area contributed by atoms with Crippen LogP contribution in [-0.2, 0) is 6.18 Å². The van der Waals surface area contributed by atoms with Crippen LogP contribution in [0, 0.1) is 5.82 Å². The van der Waals surface area contributed by atoms with Crippen molar-refractivity contribution in [3.63, 3.8) is 0 Å². The van der Waals surface area contributed by atoms with Gasteiger partial charge in [0.1, 0.15) is 5.82 Å². The van der Waals surface area contributed by atoms with Gasteiger partial charge in [0.15, 0.2) is 5.96 Å². The highest BCUT2D eigenvalue weighted by Crippen LogP contribution is 2.43. The fourth-order valence-corrected chi connectivity index (χ4v) is 2.78. The van der Waals surface area contributed by atoms with Crippen LogP contribution in [0.3, 0.4) is 0 Å². The topological polar surface area (TPSA) is 132 Å². The minimum Gasteiger partial charge on any atom is -0.370 e. The van der Waals surface area contributed by atoms with E-state index in [-0.39, 0.29) is 16.3 Å². The number of carbonyl (C=O) groups excluding carboxylic acids is 1. The van der Waals surface area contributed by atoms with Crippen LogP contribution in [0.1, 0.15) is 15.9 Å². The van der Waals surface area contributed by atoms with E-state index in [1.54, 1.807) is 0 Å². The van der Waals surface area contributed by atoms with E-state index in [1.807, 2.05) is 0 Å². The Kier molecular flexibility index (Phi) is 6.32. The van der Waals surface area contributed by atoms with Gasteiger partial charge < -0.3 is 22.5 Å². The number of guanidine groups is 2. The van der Waals surface area contributed by atoms with Gasteiger partial charge in [-0.3, -0.25) is 4.79 Å². The van der Waals surface area contributed by atoms with Crippen molar-refractivity contribution >= 4 is 35.1 Å². The Morgan fingerprint density at radius 1 is 1.14 bits per heavy atom. The number of alkyl halides is 3. The largest absolute Gasteiger partial charge is 0.417 e. The van der Waals surface area contributed by atoms with Crippen molar-refractivity contribution in [3.05, 3.63) is 52.3 Å². The molecule has 7 nitrogen and oxygen atoms in total. The predicted molar refractivity (Wildman–Crippen MR) is 102 cm³/mol. The molecule has 0 spiro atoms. The molecule has 1 amide bonds. The summed E-state index contributed by atoms with van der Waals surface area (Å²) in [6.45, 7) is 0. The van der Waals surface area contributed by atoms with Gasteiger partial charge in [0, 0.05) is 12.6 Å². The molecular weight excluding hydrogens is 416 g/mol. The third-order valence-corrected chi connectivity index (χ3v) is 3.89. The van der Waals surface area contributed by atoms with E-state index in [2.05, 4.69) is 15.3 Å². The summed E-state index contributed by atoms with van der Waals surface area (Å²) in [5, 5.41) is 1.85. The standard InChI is InChI=1S/C17H15ClF4N6O/c1-26-14(29)9-4-7(2-3-12(9)19)13-10(17(20,21)22)5-8(6-11(13)18)27-16(25)28-15(23)24/h2-6H,1H3,(H,26,29)(H6,23,24,25,27,28). The lowest BCUT2D eigenvalue weighted by molar-refractivity contribution is -0.137. The van der Waals surface area contributed by atoms with Gasteiger partial charge >= 0.3 is 6.18 Å². The Balaban J connectivity index is 2.74. The number of carbonyl (C=O) groups is 1. The summed E-state index contributed by atoms with van der Waals surface area (Å²) in [5.41, 5.74) is 13.3. The van der Waals surface area contributed by atoms with Gasteiger partial charge in [-0.15, -0.1) is 0 Å². The second-order valence-electron chi connectivity index (χ2n) is 5.63. The molecule has 0 saturated heterocycles. The zero-order valence-corrected chi connectivity index (χ0v) is 15.6. The number of nitrogens with two attached hydrogens (primary N) is 3. The number of hydrogen-bond acceptors (Lipinski definition) is 2. The van der Waals surface area contributed by atoms with Crippen molar-refractivity contribution in [1.29, 1.82) is 0 Å². The highest BCUT2D eigenvalue weighted by Gasteiger charge is 2.35. The summed E-state index contributed by atoms with van der Waals surface area (Å²) in [6.07, 6.45) is -4.85. The first-order chi connectivity index (χ1) is 13.4. The Morgan fingerprint density at radius 3 is 2.34 bits per heavy atom. The number of nitrogens with zero attached hydrogens (tertiary/aromatic N) is 2. The molecule has 2 aromatic rings. The van der Waals surface area contributed by atoms with E-state index in [1.165, 1.54) is 7.05 Å². The molecule has 0 fully saturated rings. The molecule has 0 heterocycles. The zero-order chi connectivity index (χ0) is 21.9. The van der Waals surface area contributed by atoms with Crippen LogP contribution in [0.5, 0.6) is 0 Å². The van der Waals surface area contributed by atoms with E-state index >= 15 is 0 Å². The Labute approximate surface area is 167 Å². The van der Waals surface area contributed by atoms with Crippen LogP contribution < -0.4 is 22.5 Å². The van der Waals surface area contributed by atoms with Crippen molar-refractivity contribution in [2.24, 2.45) is 27.2 Å². The van der Waals surface area contributed by atoms with Crippen molar-refractivity contribution in [2.75, 3.05) is 7.05 Å². The number of amides is 1. The number of aliphatic imine (C=N–C) groups is 2. The van der Waals surface area contributed by atoms with Gasteiger partial charge in [0.25, 0.3) is 5.91 Å². The van der Waals surface area contributed by atoms with Crippen LogP contribution in [-0.4, -0.2) is 24.9 Å². The molecule has 154 valence electrons. The highest BCUT2D eigenvalue weighted by atomic mass is 35.5. The quantitative estimate of drug-likeness (QED) is 0.338. The molecule has 0 aromatic heterocycles. The summed E-state index contributed by atoms with van der Waals surface area (Å²) < 4.78 is 54.9. The van der Waals surface area contributed by atoms with Gasteiger partial charge in [0.2, 0.25) is 5.96 Å². The van der Waals surface area contributed by atoms with Crippen molar-refractivity contribution in [1.82, 2.24) is 5.32 Å². The van der Waals surface area contributed by atoms with Gasteiger partial charge in [0.05, 0.1) is 21.8 Å². The molecule has 0 radical (unpaired) electrons. The van der Waals surface area contributed by atoms with E-state index in [9.17, 15) is 22.4 Å². The average Bonchev–Trinajstić information content (AvgIpc) is 2.59. The molecule has 29 heavy (non-hydrogen) atoms. The third-order valence-electron chi connectivity index (χ3n) is 3.59. The molecule has 7 N–H and O–H groups in total. The summed E-state index contributed by atoms with van der Waals surface area (Å²) in [4.78, 5) is 18.9. The second-order valence-corrected chi connectivity index (χ2v) is 6.04. The van der Waals surface area contributed by atoms with Gasteiger partial charge in [-0.1, -0.05) is 17.7 Å². The SMILES string of the molecule is CNC(=O)c1cc(-c2c(Cl)cc(N=C(N)N=C(N)N)cc2C(F)(F)F)ccc1F. The lowest BCUT2D eigenvalue weighted by Crippen LogP contribution is -2.26. The summed E-state index contributed by atoms with van der Waals surface area (Å²) >= 11 is 6.08. The van der Waals surface area contributed by atoms with Crippen molar-refractivity contribution < 1.29 is 22.4 Å². The molecule has 2 aromatic carbocycles. The average molecular weight is 431 g/mol. The first-order valence-corrected chi connectivity index (χ1v) is 8.18. The van der Waals surface area contributed by atoms with E-state index in [4.69, 9.17) is 28.8 Å².